The number of nitrogens with one attached hydrogen (secondary N) is 1. The maximum Gasteiger partial charge on any atom is 0.255 e. The average Bonchev–Trinajstić information content (AvgIpc) is 2.97. The minimum Gasteiger partial charge on any atom is -0.465 e. The molecule has 4 heteroatoms. The van der Waals surface area contributed by atoms with E-state index in [1.807, 2.05) is 68.4 Å². The van der Waals surface area contributed by atoms with E-state index in [9.17, 15) is 4.79 Å². The molecule has 0 aliphatic heterocycles. The fraction of sp³-hybridized carbons (Fsp3) is 0.700. The van der Waals surface area contributed by atoms with Gasteiger partial charge in [-0.1, -0.05) is 62.3 Å². The standard InChI is InChI=1S/C13H21NO2.3C2H6.CHN/c1-8(2)14-12(15)10-7-11(13(4,5)6)16-9(10)3;4*1-2/h7-8H,1-6H3,(H,14,15);3*1-2H3;1H. The molecule has 1 rings (SSSR count). The van der Waals surface area contributed by atoms with Crippen LogP contribution in [0.4, 0.5) is 0 Å². The van der Waals surface area contributed by atoms with Gasteiger partial charge in [0.1, 0.15) is 11.5 Å². The zero-order valence-corrected chi connectivity index (χ0v) is 18.0. The molecule has 1 aromatic heterocycles. The van der Waals surface area contributed by atoms with Gasteiger partial charge in [0.15, 0.2) is 0 Å². The molecule has 1 N–H and O–H groups in total. The lowest BCUT2D eigenvalue weighted by atomic mass is 9.93. The highest BCUT2D eigenvalue weighted by molar-refractivity contribution is 5.95. The van der Waals surface area contributed by atoms with Crippen LogP contribution in [0, 0.1) is 18.8 Å². The Kier molecular flexibility index (Phi) is 22.1. The van der Waals surface area contributed by atoms with Crippen molar-refractivity contribution in [2.24, 2.45) is 0 Å². The van der Waals surface area contributed by atoms with Crippen LogP contribution in [0.15, 0.2) is 10.5 Å². The van der Waals surface area contributed by atoms with E-state index >= 15 is 0 Å². The van der Waals surface area contributed by atoms with Gasteiger partial charge < -0.3 is 9.73 Å². The largest absolute Gasteiger partial charge is 0.465 e. The Bertz CT molecular complexity index is 425. The molecule has 0 radical (unpaired) electrons. The first-order chi connectivity index (χ1) is 11.2. The number of carbonyl (C=O) groups excluding carboxylic acids is 1. The van der Waals surface area contributed by atoms with Gasteiger partial charge in [0.2, 0.25) is 0 Å². The van der Waals surface area contributed by atoms with Gasteiger partial charge in [0.25, 0.3) is 5.91 Å². The second kappa shape index (κ2) is 17.6. The van der Waals surface area contributed by atoms with E-state index in [1.54, 1.807) is 0 Å². The van der Waals surface area contributed by atoms with Gasteiger partial charge >= 0.3 is 0 Å². The summed E-state index contributed by atoms with van der Waals surface area (Å²) in [6.07, 6.45) is 0. The second-order valence-electron chi connectivity index (χ2n) is 5.46. The van der Waals surface area contributed by atoms with Crippen LogP contribution in [0.25, 0.3) is 0 Å². The topological polar surface area (TPSA) is 66.0 Å². The minimum atomic E-state index is -0.0683. The predicted octanol–water partition coefficient (Wildman–Crippen LogP) is 6.24. The highest BCUT2D eigenvalue weighted by atomic mass is 16.3. The Morgan fingerprint density at radius 1 is 1.08 bits per heavy atom. The molecule has 142 valence electrons. The van der Waals surface area contributed by atoms with Crippen molar-refractivity contribution in [2.75, 3.05) is 0 Å². The van der Waals surface area contributed by atoms with E-state index in [0.29, 0.717) is 11.3 Å². The third-order valence-electron chi connectivity index (χ3n) is 2.32. The van der Waals surface area contributed by atoms with Crippen molar-refractivity contribution >= 4 is 5.91 Å². The van der Waals surface area contributed by atoms with E-state index in [2.05, 4.69) is 32.7 Å². The molecular weight excluding hydrogens is 300 g/mol. The van der Waals surface area contributed by atoms with Crippen LogP contribution in [0.3, 0.4) is 0 Å². The average molecular weight is 341 g/mol. The summed E-state index contributed by atoms with van der Waals surface area (Å²) in [5.41, 5.74) is 0.569. The van der Waals surface area contributed by atoms with E-state index < -0.39 is 0 Å². The van der Waals surface area contributed by atoms with Crippen LogP contribution >= 0.6 is 0 Å². The predicted molar refractivity (Wildman–Crippen MR) is 105 cm³/mol. The third kappa shape index (κ3) is 12.8. The number of furan rings is 1. The first-order valence-electron chi connectivity index (χ1n) is 8.89. The van der Waals surface area contributed by atoms with Crippen molar-refractivity contribution in [1.82, 2.24) is 5.32 Å². The van der Waals surface area contributed by atoms with Gasteiger partial charge in [0.05, 0.1) is 5.56 Å². The van der Waals surface area contributed by atoms with Crippen LogP contribution in [0.1, 0.15) is 98.0 Å². The van der Waals surface area contributed by atoms with Crippen molar-refractivity contribution in [3.63, 3.8) is 0 Å². The lowest BCUT2D eigenvalue weighted by molar-refractivity contribution is 0.0941. The van der Waals surface area contributed by atoms with Gasteiger partial charge in [-0.15, -0.1) is 0 Å². The van der Waals surface area contributed by atoms with Gasteiger partial charge in [-0.25, -0.2) is 5.26 Å². The van der Waals surface area contributed by atoms with Crippen molar-refractivity contribution in [1.29, 1.82) is 5.26 Å². The Morgan fingerprint density at radius 3 is 1.71 bits per heavy atom. The molecule has 1 aromatic rings. The number of nitrogens with zero attached hydrogens (tertiary/aromatic N) is 1. The third-order valence-corrected chi connectivity index (χ3v) is 2.32. The number of carbonyl (C=O) groups is 1. The molecule has 0 atom stereocenters. The summed E-state index contributed by atoms with van der Waals surface area (Å²) in [6, 6.07) is 1.98. The summed E-state index contributed by atoms with van der Waals surface area (Å²) in [4.78, 5) is 11.8. The number of aryl methyl sites for hydroxylation is 1. The first kappa shape index (κ1) is 30.2. The SMILES string of the molecule is C#N.CC.CC.CC.Cc1oc(C(C)(C)C)cc1C(=O)NC(C)C. The molecule has 0 unspecified atom stereocenters. The molecule has 24 heavy (non-hydrogen) atoms. The molecule has 0 aromatic carbocycles. The fourth-order valence-electron chi connectivity index (χ4n) is 1.42. The summed E-state index contributed by atoms with van der Waals surface area (Å²) in [7, 11) is 0. The van der Waals surface area contributed by atoms with Crippen LogP contribution in [-0.4, -0.2) is 11.9 Å². The molecule has 1 heterocycles. The van der Waals surface area contributed by atoms with Crippen LogP contribution in [0.2, 0.25) is 0 Å². The van der Waals surface area contributed by atoms with E-state index in [4.69, 9.17) is 9.68 Å². The quantitative estimate of drug-likeness (QED) is 0.692. The van der Waals surface area contributed by atoms with Crippen molar-refractivity contribution in [3.05, 3.63) is 23.2 Å². The van der Waals surface area contributed by atoms with Crippen LogP contribution < -0.4 is 5.32 Å². The Morgan fingerprint density at radius 2 is 1.46 bits per heavy atom. The second-order valence-corrected chi connectivity index (χ2v) is 5.46. The number of hydrogen-bond donors (Lipinski definition) is 1. The maximum absolute atomic E-state index is 11.8. The van der Waals surface area contributed by atoms with Crippen molar-refractivity contribution < 1.29 is 9.21 Å². The highest BCUT2D eigenvalue weighted by Crippen LogP contribution is 2.26. The Hall–Kier alpha value is -1.76. The number of nitriles is 1. The summed E-state index contributed by atoms with van der Waals surface area (Å²) >= 11 is 0. The molecule has 0 aliphatic rings. The van der Waals surface area contributed by atoms with Crippen molar-refractivity contribution in [2.45, 2.75) is 94.5 Å². The molecular formula is C20H40N2O2. The minimum absolute atomic E-state index is 0.0632. The van der Waals surface area contributed by atoms with Gasteiger partial charge in [0, 0.05) is 18.0 Å². The lowest BCUT2D eigenvalue weighted by Gasteiger charge is -2.13. The zero-order chi connectivity index (χ0) is 20.5. The van der Waals surface area contributed by atoms with Gasteiger partial charge in [-0.2, -0.15) is 0 Å². The maximum atomic E-state index is 11.8. The number of rotatable bonds is 2. The summed E-state index contributed by atoms with van der Waals surface area (Å²) in [5.74, 6) is 1.47. The monoisotopic (exact) mass is 340 g/mol. The summed E-state index contributed by atoms with van der Waals surface area (Å²) in [5, 5.41) is 9.37. The van der Waals surface area contributed by atoms with E-state index in [0.717, 1.165) is 5.76 Å². The zero-order valence-electron chi connectivity index (χ0n) is 18.0. The molecule has 0 saturated carbocycles. The van der Waals surface area contributed by atoms with Crippen LogP contribution in [-0.2, 0) is 5.41 Å². The van der Waals surface area contributed by atoms with E-state index in [1.165, 1.54) is 0 Å². The Labute approximate surface area is 150 Å². The number of amides is 1. The smallest absolute Gasteiger partial charge is 0.255 e. The molecule has 4 nitrogen and oxygen atoms in total. The molecule has 0 aliphatic carbocycles. The van der Waals surface area contributed by atoms with Gasteiger partial charge in [-0.3, -0.25) is 4.79 Å². The molecule has 0 saturated heterocycles. The van der Waals surface area contributed by atoms with Gasteiger partial charge in [-0.05, 0) is 26.8 Å². The fourth-order valence-corrected chi connectivity index (χ4v) is 1.42. The number of hydrogen-bond acceptors (Lipinski definition) is 3. The summed E-state index contributed by atoms with van der Waals surface area (Å²) in [6.45, 7) is 27.4. The molecule has 1 amide bonds. The highest BCUT2D eigenvalue weighted by Gasteiger charge is 2.23. The lowest BCUT2D eigenvalue weighted by Crippen LogP contribution is -2.30. The first-order valence-corrected chi connectivity index (χ1v) is 8.89. The molecule has 0 spiro atoms. The summed E-state index contributed by atoms with van der Waals surface area (Å²) < 4.78 is 5.62. The molecule has 0 fully saturated rings. The van der Waals surface area contributed by atoms with E-state index in [-0.39, 0.29) is 17.4 Å². The normalized spacial score (nSPS) is 8.79. The molecule has 0 bridgehead atoms. The Balaban J connectivity index is -0.000000218. The van der Waals surface area contributed by atoms with Crippen LogP contribution in [0.5, 0.6) is 0 Å². The van der Waals surface area contributed by atoms with Crippen molar-refractivity contribution in [3.8, 4) is 6.57 Å².